The zero-order chi connectivity index (χ0) is 31.6. The van der Waals surface area contributed by atoms with Gasteiger partial charge in [-0.15, -0.1) is 0 Å². The third kappa shape index (κ3) is 4.36. The lowest BCUT2D eigenvalue weighted by molar-refractivity contribution is -0.142. The average molecular weight is 597 g/mol. The summed E-state index contributed by atoms with van der Waals surface area (Å²) in [5.41, 5.74) is 9.52. The highest BCUT2D eigenvalue weighted by Gasteiger charge is 2.46. The molecule has 6 N–H and O–H groups in total. The van der Waals surface area contributed by atoms with Crippen molar-refractivity contribution in [2.75, 3.05) is 7.11 Å². The fraction of sp³-hybridized carbons (Fsp3) is 0.371. The zero-order valence-corrected chi connectivity index (χ0v) is 26.1. The number of nitrogens with one attached hydrogen (secondary N) is 4. The first-order valence-electron chi connectivity index (χ1n) is 15.2. The fourth-order valence-corrected chi connectivity index (χ4v) is 7.57. The number of carboxylic acids is 1. The molecule has 4 atom stereocenters. The van der Waals surface area contributed by atoms with Crippen LogP contribution in [0.4, 0.5) is 0 Å². The van der Waals surface area contributed by atoms with Crippen LogP contribution in [0.2, 0.25) is 0 Å². The van der Waals surface area contributed by atoms with Crippen LogP contribution in [0, 0.1) is 38.5 Å². The van der Waals surface area contributed by atoms with E-state index in [-0.39, 0.29) is 24.0 Å². The molecule has 1 aliphatic carbocycles. The normalized spacial score (nSPS) is 24.5. The highest BCUT2D eigenvalue weighted by molar-refractivity contribution is 5.95. The number of aliphatic hydroxyl groups excluding tert-OH is 1. The number of fused-ring (bicyclic) bond motifs is 8. The summed E-state index contributed by atoms with van der Waals surface area (Å²) in [6.45, 7) is 14.4. The number of aliphatic hydroxyl groups is 1. The number of esters is 1. The first kappa shape index (κ1) is 29.4. The van der Waals surface area contributed by atoms with Crippen LogP contribution in [0.25, 0.3) is 35.6 Å². The topological polar surface area (TPSA) is 143 Å². The predicted octanol–water partition coefficient (Wildman–Crippen LogP) is 2.52. The van der Waals surface area contributed by atoms with Gasteiger partial charge in [0.25, 0.3) is 0 Å². The molecule has 9 heteroatoms. The van der Waals surface area contributed by atoms with Gasteiger partial charge in [0.05, 0.1) is 18.5 Å². The molecular formula is C35H40N4O5. The Hall–Kier alpha value is -4.66. The molecule has 0 aromatic carbocycles. The number of hydrogen-bond acceptors (Lipinski definition) is 5. The van der Waals surface area contributed by atoms with Crippen molar-refractivity contribution in [1.82, 2.24) is 20.3 Å². The number of allylic oxidation sites excluding steroid dienone is 1. The van der Waals surface area contributed by atoms with Gasteiger partial charge < -0.3 is 35.2 Å². The number of carbonyl (C=O) groups is 2. The maximum absolute atomic E-state index is 13.3. The van der Waals surface area contributed by atoms with Crippen LogP contribution in [0.1, 0.15) is 71.6 Å². The van der Waals surface area contributed by atoms with Gasteiger partial charge in [0.1, 0.15) is 11.7 Å². The van der Waals surface area contributed by atoms with Crippen molar-refractivity contribution >= 4 is 47.6 Å². The molecule has 1 unspecified atom stereocenters. The molecule has 0 radical (unpaired) electrons. The molecule has 5 heterocycles. The van der Waals surface area contributed by atoms with Crippen molar-refractivity contribution in [3.05, 3.63) is 78.4 Å². The Morgan fingerprint density at radius 1 is 1.00 bits per heavy atom. The highest BCUT2D eigenvalue weighted by atomic mass is 16.5. The third-order valence-corrected chi connectivity index (χ3v) is 10.0. The van der Waals surface area contributed by atoms with E-state index in [2.05, 4.69) is 72.8 Å². The quantitative estimate of drug-likeness (QED) is 0.242. The molecule has 3 aliphatic rings. The molecule has 0 spiro atoms. The minimum absolute atomic E-state index is 0.0166. The van der Waals surface area contributed by atoms with Gasteiger partial charge in [0, 0.05) is 56.6 Å². The second-order valence-electron chi connectivity index (χ2n) is 12.2. The number of aliphatic carboxylic acids is 1. The van der Waals surface area contributed by atoms with Gasteiger partial charge in [-0.2, -0.15) is 0 Å². The van der Waals surface area contributed by atoms with E-state index in [1.165, 1.54) is 12.7 Å². The van der Waals surface area contributed by atoms with E-state index in [1.807, 2.05) is 13.0 Å². The lowest BCUT2D eigenvalue weighted by atomic mass is 9.80. The van der Waals surface area contributed by atoms with E-state index < -0.39 is 23.9 Å². The third-order valence-electron chi connectivity index (χ3n) is 10.0. The number of carboxylic acid groups (broad SMARTS) is 1. The lowest BCUT2D eigenvalue weighted by Crippen LogP contribution is -2.38. The average Bonchev–Trinajstić information content (AvgIpc) is 3.72. The molecule has 0 saturated carbocycles. The van der Waals surface area contributed by atoms with Crippen LogP contribution in [-0.2, 0) is 20.7 Å². The molecule has 6 rings (SSSR count). The second-order valence-corrected chi connectivity index (χ2v) is 12.2. The Labute approximate surface area is 255 Å². The van der Waals surface area contributed by atoms with Crippen molar-refractivity contribution in [2.24, 2.45) is 17.8 Å². The number of aromatic nitrogens is 3. The Kier molecular flexibility index (Phi) is 7.22. The Bertz CT molecular complexity index is 2020. The maximum Gasteiger partial charge on any atom is 0.320 e. The molecule has 230 valence electrons. The summed E-state index contributed by atoms with van der Waals surface area (Å²) >= 11 is 0. The Balaban J connectivity index is 1.73. The van der Waals surface area contributed by atoms with Crippen molar-refractivity contribution < 1.29 is 24.5 Å². The van der Waals surface area contributed by atoms with E-state index >= 15 is 0 Å². The molecule has 8 bridgehead atoms. The molecule has 44 heavy (non-hydrogen) atoms. The first-order chi connectivity index (χ1) is 21.0. The maximum atomic E-state index is 13.3. The van der Waals surface area contributed by atoms with Crippen LogP contribution in [0.15, 0.2) is 12.3 Å². The first-order valence-corrected chi connectivity index (χ1v) is 15.2. The number of ether oxygens (including phenoxy) is 1. The van der Waals surface area contributed by atoms with Gasteiger partial charge in [-0.3, -0.25) is 9.59 Å². The Morgan fingerprint density at radius 2 is 1.70 bits per heavy atom. The van der Waals surface area contributed by atoms with Crippen LogP contribution in [0.5, 0.6) is 0 Å². The summed E-state index contributed by atoms with van der Waals surface area (Å²) in [7, 11) is 1.32. The predicted molar refractivity (Wildman–Crippen MR) is 171 cm³/mol. The lowest BCUT2D eigenvalue weighted by Gasteiger charge is -2.26. The second kappa shape index (κ2) is 10.8. The van der Waals surface area contributed by atoms with Crippen LogP contribution in [-0.4, -0.2) is 50.3 Å². The molecule has 9 nitrogen and oxygen atoms in total. The van der Waals surface area contributed by atoms with Crippen molar-refractivity contribution in [1.29, 1.82) is 0 Å². The fourth-order valence-electron chi connectivity index (χ4n) is 7.57. The molecule has 1 saturated heterocycles. The zero-order valence-electron chi connectivity index (χ0n) is 26.1. The largest absolute Gasteiger partial charge is 0.510 e. The standard InChI is InChI=1S/C35H40N4O5/c1-8-19-15(3)22-12-24-17(5)21(10-11-28(40)41)32(38-24)30-31(35(43)44-7)34(42)29-18(6)25(39-33(29)30)14-27-20(9-2)16(4)23(37-27)13-26(19)36-22/h8,12-14,17,21,31-32,36-39,42H,1,9-11H2,2-7H3,(H,40,41)/b23-13-,24-12+,27-14-/t17-,21-,31+,32?/m0/s1. The summed E-state index contributed by atoms with van der Waals surface area (Å²) in [6.07, 6.45) is 9.34. The van der Waals surface area contributed by atoms with Gasteiger partial charge in [-0.25, -0.2) is 0 Å². The number of aromatic amines is 3. The van der Waals surface area contributed by atoms with E-state index in [0.29, 0.717) is 22.6 Å². The smallest absolute Gasteiger partial charge is 0.320 e. The van der Waals surface area contributed by atoms with E-state index in [9.17, 15) is 19.8 Å². The molecule has 3 aromatic heterocycles. The monoisotopic (exact) mass is 596 g/mol. The van der Waals surface area contributed by atoms with Gasteiger partial charge >= 0.3 is 11.9 Å². The van der Waals surface area contributed by atoms with Gasteiger partial charge in [-0.05, 0) is 85.6 Å². The summed E-state index contributed by atoms with van der Waals surface area (Å²) < 4.78 is 5.21. The molecule has 0 amide bonds. The van der Waals surface area contributed by atoms with Crippen molar-refractivity contribution in [2.45, 2.75) is 59.9 Å². The summed E-state index contributed by atoms with van der Waals surface area (Å²) in [4.78, 5) is 35.8. The van der Waals surface area contributed by atoms with E-state index in [1.54, 1.807) is 0 Å². The van der Waals surface area contributed by atoms with E-state index in [4.69, 9.17) is 4.74 Å². The molecule has 2 aliphatic heterocycles. The van der Waals surface area contributed by atoms with Crippen LogP contribution >= 0.6 is 0 Å². The van der Waals surface area contributed by atoms with Crippen LogP contribution in [0.3, 0.4) is 0 Å². The number of H-pyrrole nitrogens is 3. The minimum atomic E-state index is -1.00. The van der Waals surface area contributed by atoms with Crippen molar-refractivity contribution in [3.8, 4) is 0 Å². The van der Waals surface area contributed by atoms with Gasteiger partial charge in [0.15, 0.2) is 0 Å². The molecule has 1 fully saturated rings. The van der Waals surface area contributed by atoms with Gasteiger partial charge in [0.2, 0.25) is 0 Å². The highest BCUT2D eigenvalue weighted by Crippen LogP contribution is 2.42. The number of methoxy groups -OCH3 is 1. The Morgan fingerprint density at radius 3 is 2.36 bits per heavy atom. The minimum Gasteiger partial charge on any atom is -0.510 e. The summed E-state index contributed by atoms with van der Waals surface area (Å²) in [6, 6.07) is -0.424. The van der Waals surface area contributed by atoms with Gasteiger partial charge in [-0.1, -0.05) is 26.5 Å². The number of carbonyl (C=O) groups excluding carboxylic acids is 1. The summed E-state index contributed by atoms with van der Waals surface area (Å²) in [5.74, 6) is -2.71. The van der Waals surface area contributed by atoms with E-state index in [0.717, 1.165) is 62.2 Å². The molecular weight excluding hydrogens is 556 g/mol. The SMILES string of the molecule is C=Cc1c2[nH]c(c1C)/C=C1/NC(C3=c4[nH]c(c(C)c4=C(O)[C@@H]3C(=O)OC)/C=c3\[nH]/c(c(C)c3CC)=C\2)[C@@H](CCC(=O)O)[C@@H]1C. The number of hydrogen-bond donors (Lipinski definition) is 6. The summed E-state index contributed by atoms with van der Waals surface area (Å²) in [5, 5.41) is 28.2. The number of rotatable bonds is 6. The van der Waals surface area contributed by atoms with Crippen molar-refractivity contribution in [3.63, 3.8) is 0 Å². The molecule has 3 aromatic rings. The van der Waals surface area contributed by atoms with Crippen LogP contribution < -0.4 is 26.6 Å².